The molecule has 2 saturated heterocycles. The van der Waals surface area contributed by atoms with Crippen LogP contribution in [0.2, 0.25) is 0 Å². The molecule has 2 bridgehead atoms. The molecule has 8 heteroatoms. The molecule has 2 aliphatic heterocycles. The molecule has 0 amide bonds. The lowest BCUT2D eigenvalue weighted by Gasteiger charge is -2.34. The van der Waals surface area contributed by atoms with Crippen molar-refractivity contribution in [2.24, 2.45) is 5.41 Å². The van der Waals surface area contributed by atoms with Gasteiger partial charge in [-0.3, -0.25) is 14.7 Å². The number of morpholine rings is 1. The second kappa shape index (κ2) is 10.7. The van der Waals surface area contributed by atoms with Crippen LogP contribution in [0.1, 0.15) is 45.6 Å². The number of methoxy groups -OCH3 is 1. The van der Waals surface area contributed by atoms with Gasteiger partial charge in [-0.2, -0.15) is 0 Å². The Morgan fingerprint density at radius 1 is 1.14 bits per heavy atom. The van der Waals surface area contributed by atoms with E-state index in [0.717, 1.165) is 37.5 Å². The number of hydrogen-bond donors (Lipinski definition) is 0. The Bertz CT molecular complexity index is 1220. The minimum absolute atomic E-state index is 0.0885. The van der Waals surface area contributed by atoms with Gasteiger partial charge in [0.05, 0.1) is 20.3 Å². The number of nitrogens with zero attached hydrogens (tertiary/aromatic N) is 5. The molecular weight excluding hydrogens is 466 g/mol. The number of ether oxygens (including phenoxy) is 2. The number of pyridine rings is 1. The van der Waals surface area contributed by atoms with Crippen molar-refractivity contribution in [1.82, 2.24) is 24.6 Å². The molecule has 2 unspecified atom stereocenters. The van der Waals surface area contributed by atoms with Crippen molar-refractivity contribution in [3.05, 3.63) is 48.2 Å². The van der Waals surface area contributed by atoms with Crippen LogP contribution in [0, 0.1) is 5.41 Å². The highest BCUT2D eigenvalue weighted by molar-refractivity contribution is 5.79. The van der Waals surface area contributed by atoms with Gasteiger partial charge in [-0.25, -0.2) is 9.67 Å². The van der Waals surface area contributed by atoms with E-state index in [1.54, 1.807) is 11.8 Å². The first-order valence-corrected chi connectivity index (χ1v) is 13.2. The molecule has 2 atom stereocenters. The van der Waals surface area contributed by atoms with Crippen LogP contribution in [0.5, 0.6) is 5.75 Å². The van der Waals surface area contributed by atoms with Gasteiger partial charge in [0.15, 0.2) is 17.4 Å². The Hall–Kier alpha value is -3.10. The topological polar surface area (TPSA) is 82.4 Å². The van der Waals surface area contributed by atoms with Gasteiger partial charge in [0.25, 0.3) is 0 Å². The van der Waals surface area contributed by atoms with Crippen LogP contribution in [-0.2, 0) is 22.5 Å². The molecular formula is C29H37N5O3. The maximum Gasteiger partial charge on any atom is 0.200 e. The number of benzene rings is 1. The Morgan fingerprint density at radius 3 is 2.59 bits per heavy atom. The molecule has 3 aromatic rings. The first-order valence-electron chi connectivity index (χ1n) is 13.2. The number of Topliss-reactive ketones (excluding diaryl/α,β-unsaturated/α-hetero) is 1. The van der Waals surface area contributed by atoms with E-state index < -0.39 is 0 Å². The minimum Gasteiger partial charge on any atom is -0.497 e. The van der Waals surface area contributed by atoms with Gasteiger partial charge >= 0.3 is 0 Å². The molecule has 0 radical (unpaired) electrons. The average molecular weight is 504 g/mol. The maximum absolute atomic E-state index is 12.8. The Balaban J connectivity index is 1.35. The van der Waals surface area contributed by atoms with Gasteiger partial charge in [-0.1, -0.05) is 39.0 Å². The van der Waals surface area contributed by atoms with Crippen LogP contribution < -0.4 is 4.74 Å². The molecule has 0 spiro atoms. The lowest BCUT2D eigenvalue weighted by molar-refractivity contribution is -0.121. The summed E-state index contributed by atoms with van der Waals surface area (Å²) >= 11 is 0. The molecule has 4 heterocycles. The van der Waals surface area contributed by atoms with Crippen molar-refractivity contribution >= 4 is 5.78 Å². The largest absolute Gasteiger partial charge is 0.497 e. The summed E-state index contributed by atoms with van der Waals surface area (Å²) in [4.78, 5) is 25.0. The Kier molecular flexibility index (Phi) is 7.40. The molecule has 2 aliphatic rings. The van der Waals surface area contributed by atoms with E-state index in [2.05, 4.69) is 31.7 Å². The fourth-order valence-corrected chi connectivity index (χ4v) is 5.39. The van der Waals surface area contributed by atoms with Crippen molar-refractivity contribution in [1.29, 1.82) is 0 Å². The van der Waals surface area contributed by atoms with E-state index in [0.29, 0.717) is 35.8 Å². The van der Waals surface area contributed by atoms with Crippen molar-refractivity contribution in [3.63, 3.8) is 0 Å². The molecule has 2 aromatic heterocycles. The summed E-state index contributed by atoms with van der Waals surface area (Å²) in [5.74, 6) is 1.99. The van der Waals surface area contributed by atoms with Crippen LogP contribution >= 0.6 is 0 Å². The third-order valence-corrected chi connectivity index (χ3v) is 7.16. The first-order chi connectivity index (χ1) is 17.8. The van der Waals surface area contributed by atoms with Gasteiger partial charge in [-0.15, -0.1) is 5.10 Å². The van der Waals surface area contributed by atoms with Crippen molar-refractivity contribution in [2.75, 3.05) is 26.9 Å². The van der Waals surface area contributed by atoms with Gasteiger partial charge < -0.3 is 9.47 Å². The smallest absolute Gasteiger partial charge is 0.200 e. The number of aromatic nitrogens is 4. The van der Waals surface area contributed by atoms with E-state index >= 15 is 0 Å². The summed E-state index contributed by atoms with van der Waals surface area (Å²) < 4.78 is 12.8. The lowest BCUT2D eigenvalue weighted by atomic mass is 9.90. The van der Waals surface area contributed by atoms with E-state index in [9.17, 15) is 4.79 Å². The van der Waals surface area contributed by atoms with Crippen molar-refractivity contribution < 1.29 is 14.3 Å². The first kappa shape index (κ1) is 25.5. The third kappa shape index (κ3) is 6.08. The summed E-state index contributed by atoms with van der Waals surface area (Å²) in [6.07, 6.45) is 5.83. The van der Waals surface area contributed by atoms with Gasteiger partial charge in [0, 0.05) is 36.8 Å². The highest BCUT2D eigenvalue weighted by atomic mass is 16.5. The monoisotopic (exact) mass is 503 g/mol. The third-order valence-electron chi connectivity index (χ3n) is 7.16. The van der Waals surface area contributed by atoms with Gasteiger partial charge in [-0.05, 0) is 48.4 Å². The standard InChI is InChI=1S/C29H37N5O3/c1-29(2,3)15-24(35)17-34-28(21-6-5-7-25(14-21)36-4)31-27(32-34)26-11-8-20(16-30-26)12-13-33-22-9-10-23(33)19-37-18-22/h5-8,11,14,16,22-23H,9-10,12-13,15,17-19H2,1-4H3. The second-order valence-electron chi connectivity index (χ2n) is 11.4. The van der Waals surface area contributed by atoms with Crippen LogP contribution in [-0.4, -0.2) is 69.4 Å². The van der Waals surface area contributed by atoms with Crippen molar-refractivity contribution in [3.8, 4) is 28.7 Å². The zero-order valence-electron chi connectivity index (χ0n) is 22.3. The maximum atomic E-state index is 12.8. The van der Waals surface area contributed by atoms with Crippen LogP contribution in [0.3, 0.4) is 0 Å². The predicted octanol–water partition coefficient (Wildman–Crippen LogP) is 4.43. The van der Waals surface area contributed by atoms with Crippen LogP contribution in [0.15, 0.2) is 42.6 Å². The summed E-state index contributed by atoms with van der Waals surface area (Å²) in [6.45, 7) is 9.10. The average Bonchev–Trinajstić information content (AvgIpc) is 3.38. The zero-order valence-corrected chi connectivity index (χ0v) is 22.3. The molecule has 0 aliphatic carbocycles. The summed E-state index contributed by atoms with van der Waals surface area (Å²) in [5, 5.41) is 4.72. The van der Waals surface area contributed by atoms with Crippen LogP contribution in [0.25, 0.3) is 22.9 Å². The van der Waals surface area contributed by atoms with Crippen LogP contribution in [0.4, 0.5) is 0 Å². The zero-order chi connectivity index (χ0) is 26.0. The number of carbonyl (C=O) groups excluding carboxylic acids is 1. The lowest BCUT2D eigenvalue weighted by Crippen LogP contribution is -2.46. The highest BCUT2D eigenvalue weighted by Gasteiger charge is 2.36. The fourth-order valence-electron chi connectivity index (χ4n) is 5.39. The molecule has 2 fully saturated rings. The van der Waals surface area contributed by atoms with E-state index in [4.69, 9.17) is 24.5 Å². The molecule has 1 aromatic carbocycles. The number of hydrogen-bond acceptors (Lipinski definition) is 7. The number of carbonyl (C=O) groups is 1. The Morgan fingerprint density at radius 2 is 1.92 bits per heavy atom. The molecule has 0 N–H and O–H groups in total. The van der Waals surface area contributed by atoms with E-state index in [-0.39, 0.29) is 17.7 Å². The van der Waals surface area contributed by atoms with Gasteiger partial charge in [0.2, 0.25) is 0 Å². The summed E-state index contributed by atoms with van der Waals surface area (Å²) in [5.41, 5.74) is 2.65. The van der Waals surface area contributed by atoms with E-state index in [1.165, 1.54) is 18.4 Å². The minimum atomic E-state index is -0.0885. The molecule has 0 saturated carbocycles. The second-order valence-corrected chi connectivity index (χ2v) is 11.4. The van der Waals surface area contributed by atoms with E-state index in [1.807, 2.05) is 36.5 Å². The Labute approximate surface area is 219 Å². The number of ketones is 1. The number of rotatable bonds is 9. The predicted molar refractivity (Wildman–Crippen MR) is 142 cm³/mol. The van der Waals surface area contributed by atoms with Crippen molar-refractivity contribution in [2.45, 2.75) is 65.1 Å². The molecule has 196 valence electrons. The SMILES string of the molecule is COc1cccc(-c2nc(-c3ccc(CCN4C5CCC4COC5)cn3)nn2CC(=O)CC(C)(C)C)c1. The van der Waals surface area contributed by atoms with Gasteiger partial charge in [0.1, 0.15) is 18.0 Å². The molecule has 8 nitrogen and oxygen atoms in total. The number of fused-ring (bicyclic) bond motifs is 2. The summed E-state index contributed by atoms with van der Waals surface area (Å²) in [6, 6.07) is 12.9. The fraction of sp³-hybridized carbons (Fsp3) is 0.517. The summed E-state index contributed by atoms with van der Waals surface area (Å²) in [7, 11) is 1.64. The molecule has 37 heavy (non-hydrogen) atoms. The highest BCUT2D eigenvalue weighted by Crippen LogP contribution is 2.29. The normalized spacial score (nSPS) is 19.8. The quantitative estimate of drug-likeness (QED) is 0.427. The molecule has 5 rings (SSSR count).